The molecule has 128 valence electrons. The van der Waals surface area contributed by atoms with E-state index in [4.69, 9.17) is 9.26 Å². The zero-order valence-corrected chi connectivity index (χ0v) is 13.6. The zero-order chi connectivity index (χ0) is 16.9. The molecule has 1 unspecified atom stereocenters. The highest BCUT2D eigenvalue weighted by molar-refractivity contribution is 5.75. The fourth-order valence-corrected chi connectivity index (χ4v) is 2.90. The number of piperidine rings is 1. The Labute approximate surface area is 139 Å². The molecule has 7 heteroatoms. The first-order valence-corrected chi connectivity index (χ1v) is 8.06. The number of rotatable bonds is 5. The lowest BCUT2D eigenvalue weighted by atomic mass is 10.0. The number of ether oxygens (including phenoxy) is 1. The van der Waals surface area contributed by atoms with E-state index >= 15 is 0 Å². The molecule has 2 heterocycles. The van der Waals surface area contributed by atoms with Gasteiger partial charge in [-0.05, 0) is 44.0 Å². The van der Waals surface area contributed by atoms with Crippen LogP contribution in [0.3, 0.4) is 0 Å². The standard InChI is InChI=1S/C17H20FN3O3/c1-12-19-16(24-20-12)11-23-17(22)15-4-2-3-9-21(15)10-13-5-7-14(18)8-6-13/h5-8,15H,2-4,9-11H2,1H3. The molecule has 1 aromatic carbocycles. The molecule has 0 spiro atoms. The van der Waals surface area contributed by atoms with Crippen LogP contribution in [0.25, 0.3) is 0 Å². The molecular weight excluding hydrogens is 313 g/mol. The van der Waals surface area contributed by atoms with E-state index in [-0.39, 0.29) is 24.4 Å². The predicted molar refractivity (Wildman–Crippen MR) is 83.3 cm³/mol. The van der Waals surface area contributed by atoms with Gasteiger partial charge < -0.3 is 9.26 Å². The van der Waals surface area contributed by atoms with Crippen LogP contribution in [0.15, 0.2) is 28.8 Å². The van der Waals surface area contributed by atoms with Crippen LogP contribution in [0.4, 0.5) is 4.39 Å². The third kappa shape index (κ3) is 4.17. The summed E-state index contributed by atoms with van der Waals surface area (Å²) in [5.74, 6) is 0.259. The number of esters is 1. The second-order valence-electron chi connectivity index (χ2n) is 5.95. The number of carbonyl (C=O) groups excluding carboxylic acids is 1. The molecule has 1 aliphatic rings. The first-order chi connectivity index (χ1) is 11.6. The van der Waals surface area contributed by atoms with Crippen LogP contribution >= 0.6 is 0 Å². The first kappa shape index (κ1) is 16.6. The Morgan fingerprint density at radius 2 is 2.17 bits per heavy atom. The molecule has 6 nitrogen and oxygen atoms in total. The minimum atomic E-state index is -0.298. The van der Waals surface area contributed by atoms with E-state index in [9.17, 15) is 9.18 Å². The van der Waals surface area contributed by atoms with E-state index in [1.54, 1.807) is 19.1 Å². The maximum absolute atomic E-state index is 13.0. The summed E-state index contributed by atoms with van der Waals surface area (Å²) in [6.45, 7) is 3.11. The third-order valence-electron chi connectivity index (χ3n) is 4.09. The maximum Gasteiger partial charge on any atom is 0.323 e. The average Bonchev–Trinajstić information content (AvgIpc) is 3.01. The number of hydrogen-bond acceptors (Lipinski definition) is 6. The highest BCUT2D eigenvalue weighted by atomic mass is 19.1. The molecule has 2 aromatic rings. The second-order valence-corrected chi connectivity index (χ2v) is 5.95. The molecular formula is C17H20FN3O3. The highest BCUT2D eigenvalue weighted by Crippen LogP contribution is 2.21. The lowest BCUT2D eigenvalue weighted by Gasteiger charge is -2.33. The Morgan fingerprint density at radius 1 is 1.38 bits per heavy atom. The number of likely N-dealkylation sites (tertiary alicyclic amines) is 1. The van der Waals surface area contributed by atoms with Gasteiger partial charge in [0.2, 0.25) is 0 Å². The fourth-order valence-electron chi connectivity index (χ4n) is 2.90. The zero-order valence-electron chi connectivity index (χ0n) is 13.6. The monoisotopic (exact) mass is 333 g/mol. The van der Waals surface area contributed by atoms with Crippen molar-refractivity contribution in [2.24, 2.45) is 0 Å². The summed E-state index contributed by atoms with van der Waals surface area (Å²) in [5, 5.41) is 3.67. The van der Waals surface area contributed by atoms with Crippen LogP contribution in [0.5, 0.6) is 0 Å². The van der Waals surface area contributed by atoms with Gasteiger partial charge in [-0.1, -0.05) is 23.7 Å². The molecule has 0 N–H and O–H groups in total. The van der Waals surface area contributed by atoms with Gasteiger partial charge in [0.05, 0.1) is 0 Å². The predicted octanol–water partition coefficient (Wildman–Crippen LogP) is 2.62. The number of nitrogens with zero attached hydrogens (tertiary/aromatic N) is 3. The molecule has 1 atom stereocenters. The third-order valence-corrected chi connectivity index (χ3v) is 4.09. The summed E-state index contributed by atoms with van der Waals surface area (Å²) in [7, 11) is 0. The normalized spacial score (nSPS) is 18.5. The Balaban J connectivity index is 1.60. The van der Waals surface area contributed by atoms with E-state index in [0.29, 0.717) is 18.3 Å². The van der Waals surface area contributed by atoms with Gasteiger partial charge >= 0.3 is 5.97 Å². The van der Waals surface area contributed by atoms with Gasteiger partial charge in [-0.2, -0.15) is 4.98 Å². The van der Waals surface area contributed by atoms with Crippen molar-refractivity contribution in [1.29, 1.82) is 0 Å². The fraction of sp³-hybridized carbons (Fsp3) is 0.471. The topological polar surface area (TPSA) is 68.5 Å². The van der Waals surface area contributed by atoms with Gasteiger partial charge in [0.25, 0.3) is 5.89 Å². The van der Waals surface area contributed by atoms with E-state index in [0.717, 1.165) is 31.4 Å². The molecule has 0 radical (unpaired) electrons. The SMILES string of the molecule is Cc1noc(COC(=O)C2CCCCN2Cc2ccc(F)cc2)n1. The van der Waals surface area contributed by atoms with Crippen molar-refractivity contribution in [1.82, 2.24) is 15.0 Å². The van der Waals surface area contributed by atoms with Gasteiger partial charge in [0.1, 0.15) is 11.9 Å². The lowest BCUT2D eigenvalue weighted by Crippen LogP contribution is -2.44. The molecule has 0 aliphatic carbocycles. The summed E-state index contributed by atoms with van der Waals surface area (Å²) in [4.78, 5) is 18.5. The highest BCUT2D eigenvalue weighted by Gasteiger charge is 2.30. The Morgan fingerprint density at radius 3 is 2.88 bits per heavy atom. The van der Waals surface area contributed by atoms with Crippen LogP contribution < -0.4 is 0 Å². The first-order valence-electron chi connectivity index (χ1n) is 8.06. The van der Waals surface area contributed by atoms with Crippen molar-refractivity contribution in [2.45, 2.75) is 45.4 Å². The summed E-state index contributed by atoms with van der Waals surface area (Å²) < 4.78 is 23.3. The smallest absolute Gasteiger partial charge is 0.323 e. The van der Waals surface area contributed by atoms with Crippen LogP contribution in [0.1, 0.15) is 36.5 Å². The van der Waals surface area contributed by atoms with Gasteiger partial charge in [0, 0.05) is 6.54 Å². The minimum Gasteiger partial charge on any atom is -0.454 e. The molecule has 0 amide bonds. The van der Waals surface area contributed by atoms with Crippen LogP contribution in [-0.2, 0) is 22.7 Å². The quantitative estimate of drug-likeness (QED) is 0.784. The molecule has 0 saturated carbocycles. The number of aromatic nitrogens is 2. The van der Waals surface area contributed by atoms with E-state index in [1.165, 1.54) is 12.1 Å². The van der Waals surface area contributed by atoms with Crippen molar-refractivity contribution < 1.29 is 18.4 Å². The van der Waals surface area contributed by atoms with Crippen LogP contribution in [0, 0.1) is 12.7 Å². The Bertz CT molecular complexity index is 687. The number of halogens is 1. The Hall–Kier alpha value is -2.28. The van der Waals surface area contributed by atoms with Crippen LogP contribution in [-0.4, -0.2) is 33.6 Å². The number of aryl methyl sites for hydroxylation is 1. The van der Waals surface area contributed by atoms with Gasteiger partial charge in [-0.15, -0.1) is 0 Å². The van der Waals surface area contributed by atoms with Crippen molar-refractivity contribution in [2.75, 3.05) is 6.54 Å². The van der Waals surface area contributed by atoms with E-state index in [2.05, 4.69) is 15.0 Å². The number of carbonyl (C=O) groups is 1. The summed E-state index contributed by atoms with van der Waals surface area (Å²) >= 11 is 0. The molecule has 1 aliphatic heterocycles. The molecule has 24 heavy (non-hydrogen) atoms. The Kier molecular flexibility index (Phi) is 5.20. The van der Waals surface area contributed by atoms with Crippen molar-refractivity contribution in [3.8, 4) is 0 Å². The molecule has 1 aromatic heterocycles. The number of benzene rings is 1. The number of hydrogen-bond donors (Lipinski definition) is 0. The van der Waals surface area contributed by atoms with Crippen molar-refractivity contribution in [3.63, 3.8) is 0 Å². The minimum absolute atomic E-state index is 0.0133. The van der Waals surface area contributed by atoms with Gasteiger partial charge in [-0.25, -0.2) is 4.39 Å². The largest absolute Gasteiger partial charge is 0.454 e. The maximum atomic E-state index is 13.0. The molecule has 3 rings (SSSR count). The average molecular weight is 333 g/mol. The summed E-state index contributed by atoms with van der Waals surface area (Å²) in [6, 6.07) is 6.06. The van der Waals surface area contributed by atoms with Crippen molar-refractivity contribution in [3.05, 3.63) is 47.4 Å². The van der Waals surface area contributed by atoms with Gasteiger partial charge in [-0.3, -0.25) is 9.69 Å². The summed E-state index contributed by atoms with van der Waals surface area (Å²) in [6.07, 6.45) is 2.77. The lowest BCUT2D eigenvalue weighted by molar-refractivity contribution is -0.153. The molecule has 1 fully saturated rings. The van der Waals surface area contributed by atoms with E-state index in [1.807, 2.05) is 0 Å². The van der Waals surface area contributed by atoms with Crippen LogP contribution in [0.2, 0.25) is 0 Å². The molecule has 0 bridgehead atoms. The summed E-state index contributed by atoms with van der Waals surface area (Å²) in [5.41, 5.74) is 0.976. The van der Waals surface area contributed by atoms with Crippen molar-refractivity contribution >= 4 is 5.97 Å². The van der Waals surface area contributed by atoms with Gasteiger partial charge in [0.15, 0.2) is 12.4 Å². The van der Waals surface area contributed by atoms with E-state index < -0.39 is 0 Å². The second kappa shape index (κ2) is 7.53. The molecule has 1 saturated heterocycles.